The van der Waals surface area contributed by atoms with Crippen molar-refractivity contribution in [1.82, 2.24) is 15.0 Å². The first-order chi connectivity index (χ1) is 27.7. The number of aromatic nitrogens is 3. The Morgan fingerprint density at radius 2 is 0.929 bits per heavy atom. The van der Waals surface area contributed by atoms with Gasteiger partial charge in [0.15, 0.2) is 11.4 Å². The molecule has 0 amide bonds. The van der Waals surface area contributed by atoms with Crippen LogP contribution < -0.4 is 0 Å². The Bertz CT molecular complexity index is 3010. The van der Waals surface area contributed by atoms with Gasteiger partial charge in [0.2, 0.25) is 5.89 Å². The van der Waals surface area contributed by atoms with Crippen LogP contribution in [0.2, 0.25) is 0 Å². The molecule has 2 heterocycles. The van der Waals surface area contributed by atoms with Crippen molar-refractivity contribution in [2.45, 2.75) is 5.41 Å². The van der Waals surface area contributed by atoms with E-state index in [0.717, 1.165) is 55.5 Å². The minimum Gasteiger partial charge on any atom is -0.436 e. The number of fused-ring (bicyclic) bond motifs is 5. The van der Waals surface area contributed by atoms with Crippen molar-refractivity contribution in [3.05, 3.63) is 222 Å². The molecule has 0 saturated carbocycles. The highest BCUT2D eigenvalue weighted by atomic mass is 16.3. The molecule has 0 bridgehead atoms. The third-order valence-electron chi connectivity index (χ3n) is 11.2. The smallest absolute Gasteiger partial charge is 0.227 e. The van der Waals surface area contributed by atoms with Gasteiger partial charge in [-0.05, 0) is 74.8 Å². The van der Waals surface area contributed by atoms with Gasteiger partial charge < -0.3 is 4.42 Å². The van der Waals surface area contributed by atoms with Crippen LogP contribution in [-0.2, 0) is 5.41 Å². The van der Waals surface area contributed by atoms with Crippen LogP contribution in [0.25, 0.3) is 78.4 Å². The van der Waals surface area contributed by atoms with Gasteiger partial charge in [-0.25, -0.2) is 15.0 Å². The Kier molecular flexibility index (Phi) is 7.36. The summed E-state index contributed by atoms with van der Waals surface area (Å²) >= 11 is 0. The lowest BCUT2D eigenvalue weighted by atomic mass is 9.67. The third-order valence-corrected chi connectivity index (χ3v) is 11.2. The van der Waals surface area contributed by atoms with Crippen LogP contribution in [0.1, 0.15) is 22.3 Å². The van der Waals surface area contributed by atoms with E-state index >= 15 is 0 Å². The number of benzene rings is 8. The second-order valence-corrected chi connectivity index (χ2v) is 14.3. The molecule has 10 aromatic rings. The fraction of sp³-hybridized carbons (Fsp3) is 0.0192. The van der Waals surface area contributed by atoms with Crippen molar-refractivity contribution in [2.24, 2.45) is 0 Å². The first-order valence-corrected chi connectivity index (χ1v) is 18.9. The lowest BCUT2D eigenvalue weighted by Crippen LogP contribution is -2.28. The predicted octanol–water partition coefficient (Wildman–Crippen LogP) is 12.8. The molecule has 8 aromatic carbocycles. The minimum absolute atomic E-state index is 0.602. The molecular weight excluding hydrogens is 683 g/mol. The Labute approximate surface area is 324 Å². The average Bonchev–Trinajstić information content (AvgIpc) is 3.84. The molecule has 0 atom stereocenters. The van der Waals surface area contributed by atoms with Gasteiger partial charge in [0, 0.05) is 22.1 Å². The highest BCUT2D eigenvalue weighted by Gasteiger charge is 2.46. The summed E-state index contributed by atoms with van der Waals surface area (Å²) in [4.78, 5) is 15.2. The lowest BCUT2D eigenvalue weighted by Gasteiger charge is -2.33. The maximum absolute atomic E-state index is 6.47. The molecule has 0 radical (unpaired) electrons. The fourth-order valence-electron chi connectivity index (χ4n) is 8.63. The standard InChI is InChI=1S/C52H33N3O/c1-3-13-34(14-4-1)35-23-25-36(26-24-35)49-43-19-9-12-22-46(43)53-50(55-49)37-27-29-39(30-28-37)52(44-20-10-7-17-41(44)42-18-8-11-21-45(42)52)40-31-32-47-48(33-40)56-51(54-47)38-15-5-2-6-16-38/h1-33H. The maximum atomic E-state index is 6.47. The molecule has 262 valence electrons. The zero-order chi connectivity index (χ0) is 37.1. The topological polar surface area (TPSA) is 51.8 Å². The van der Waals surface area contributed by atoms with E-state index in [9.17, 15) is 0 Å². The number of oxazole rings is 1. The van der Waals surface area contributed by atoms with Crippen LogP contribution in [0.15, 0.2) is 205 Å². The predicted molar refractivity (Wildman–Crippen MR) is 226 cm³/mol. The van der Waals surface area contributed by atoms with E-state index in [1.165, 1.54) is 33.4 Å². The second-order valence-electron chi connectivity index (χ2n) is 14.3. The lowest BCUT2D eigenvalue weighted by molar-refractivity contribution is 0.618. The highest BCUT2D eigenvalue weighted by molar-refractivity contribution is 5.94. The fourth-order valence-corrected chi connectivity index (χ4v) is 8.63. The van der Waals surface area contributed by atoms with E-state index < -0.39 is 5.41 Å². The molecule has 4 heteroatoms. The Balaban J connectivity index is 1.06. The van der Waals surface area contributed by atoms with E-state index in [2.05, 4.69) is 158 Å². The Morgan fingerprint density at radius 1 is 0.375 bits per heavy atom. The molecule has 0 fully saturated rings. The summed E-state index contributed by atoms with van der Waals surface area (Å²) < 4.78 is 6.47. The summed E-state index contributed by atoms with van der Waals surface area (Å²) in [6, 6.07) is 70.4. The van der Waals surface area contributed by atoms with Crippen molar-refractivity contribution in [1.29, 1.82) is 0 Å². The van der Waals surface area contributed by atoms with Crippen LogP contribution >= 0.6 is 0 Å². The van der Waals surface area contributed by atoms with Crippen LogP contribution in [0.3, 0.4) is 0 Å². The zero-order valence-electron chi connectivity index (χ0n) is 30.3. The molecule has 0 aliphatic heterocycles. The SMILES string of the molecule is c1ccc(-c2ccc(-c3nc(-c4ccc(C5(c6ccc7nc(-c8ccccc8)oc7c6)c6ccccc6-c6ccccc65)cc4)nc4ccccc34)cc2)cc1. The number of nitrogens with zero attached hydrogens (tertiary/aromatic N) is 3. The van der Waals surface area contributed by atoms with E-state index in [0.29, 0.717) is 11.7 Å². The normalized spacial score (nSPS) is 12.8. The number of rotatable bonds is 6. The van der Waals surface area contributed by atoms with Crippen molar-refractivity contribution >= 4 is 22.0 Å². The zero-order valence-corrected chi connectivity index (χ0v) is 30.3. The van der Waals surface area contributed by atoms with Gasteiger partial charge in [0.1, 0.15) is 5.52 Å². The Morgan fingerprint density at radius 3 is 1.64 bits per heavy atom. The number of para-hydroxylation sites is 1. The molecule has 56 heavy (non-hydrogen) atoms. The second kappa shape index (κ2) is 12.9. The summed E-state index contributed by atoms with van der Waals surface area (Å²) in [5.74, 6) is 1.31. The van der Waals surface area contributed by atoms with Gasteiger partial charge in [-0.15, -0.1) is 0 Å². The van der Waals surface area contributed by atoms with Crippen molar-refractivity contribution < 1.29 is 4.42 Å². The average molecular weight is 716 g/mol. The van der Waals surface area contributed by atoms with E-state index in [4.69, 9.17) is 19.4 Å². The van der Waals surface area contributed by atoms with E-state index in [1.54, 1.807) is 0 Å². The Hall–Kier alpha value is -7.43. The van der Waals surface area contributed by atoms with Gasteiger partial charge in [0.05, 0.1) is 16.6 Å². The molecule has 1 aliphatic carbocycles. The van der Waals surface area contributed by atoms with Crippen molar-refractivity contribution in [3.8, 4) is 56.4 Å². The molecular formula is C52H33N3O. The maximum Gasteiger partial charge on any atom is 0.227 e. The van der Waals surface area contributed by atoms with Crippen LogP contribution in [0.4, 0.5) is 0 Å². The van der Waals surface area contributed by atoms with Gasteiger partial charge >= 0.3 is 0 Å². The number of hydrogen-bond acceptors (Lipinski definition) is 4. The molecule has 1 aliphatic rings. The van der Waals surface area contributed by atoms with Crippen LogP contribution in [0.5, 0.6) is 0 Å². The summed E-state index contributed by atoms with van der Waals surface area (Å²) in [6.45, 7) is 0. The third kappa shape index (κ3) is 5.04. The van der Waals surface area contributed by atoms with Crippen molar-refractivity contribution in [3.63, 3.8) is 0 Å². The summed E-state index contributed by atoms with van der Waals surface area (Å²) in [5.41, 5.74) is 15.3. The first kappa shape index (κ1) is 32.0. The summed E-state index contributed by atoms with van der Waals surface area (Å²) in [5, 5.41) is 1.02. The quantitative estimate of drug-likeness (QED) is 0.172. The first-order valence-electron chi connectivity index (χ1n) is 18.9. The highest BCUT2D eigenvalue weighted by Crippen LogP contribution is 2.56. The molecule has 11 rings (SSSR count). The van der Waals surface area contributed by atoms with E-state index in [-0.39, 0.29) is 0 Å². The van der Waals surface area contributed by atoms with Crippen LogP contribution in [0, 0.1) is 0 Å². The molecule has 0 spiro atoms. The largest absolute Gasteiger partial charge is 0.436 e. The van der Waals surface area contributed by atoms with Crippen molar-refractivity contribution in [2.75, 3.05) is 0 Å². The monoisotopic (exact) mass is 715 g/mol. The molecule has 4 nitrogen and oxygen atoms in total. The summed E-state index contributed by atoms with van der Waals surface area (Å²) in [7, 11) is 0. The molecule has 2 aromatic heterocycles. The number of hydrogen-bond donors (Lipinski definition) is 0. The summed E-state index contributed by atoms with van der Waals surface area (Å²) in [6.07, 6.45) is 0. The van der Waals surface area contributed by atoms with Crippen LogP contribution in [-0.4, -0.2) is 15.0 Å². The van der Waals surface area contributed by atoms with Gasteiger partial charge in [-0.1, -0.05) is 170 Å². The van der Waals surface area contributed by atoms with E-state index in [1.807, 2.05) is 42.5 Å². The minimum atomic E-state index is -0.602. The molecule has 0 saturated heterocycles. The van der Waals surface area contributed by atoms with Gasteiger partial charge in [-0.3, -0.25) is 0 Å². The molecule has 0 N–H and O–H groups in total. The van der Waals surface area contributed by atoms with Gasteiger partial charge in [0.25, 0.3) is 0 Å². The molecule has 0 unspecified atom stereocenters. The van der Waals surface area contributed by atoms with Gasteiger partial charge in [-0.2, -0.15) is 0 Å².